The largest absolute Gasteiger partial charge is 0.420 e. The first-order valence-corrected chi connectivity index (χ1v) is 8.56. The maximum atomic E-state index is 13.6. The summed E-state index contributed by atoms with van der Waals surface area (Å²) in [4.78, 5) is 0. The van der Waals surface area contributed by atoms with Crippen LogP contribution in [0.25, 0.3) is 6.08 Å². The molecule has 146 valence electrons. The maximum absolute atomic E-state index is 13.6. The standard InChI is InChI=1S/C20H19F3N4O/c1-5-12-6-13(8-14(7-12)20(21,22)23)19(10(2)3)15(9-24)17(25)28-18-16(19)11(4)26-27-18/h5-8,10H,1,25H2,2-4H3,(H,26,27). The van der Waals surface area contributed by atoms with Crippen molar-refractivity contribution in [3.8, 4) is 11.9 Å². The monoisotopic (exact) mass is 388 g/mol. The number of aryl methyl sites for hydroxylation is 1. The zero-order chi connectivity index (χ0) is 20.9. The molecule has 1 aliphatic rings. The maximum Gasteiger partial charge on any atom is 0.416 e. The zero-order valence-electron chi connectivity index (χ0n) is 15.6. The lowest BCUT2D eigenvalue weighted by Gasteiger charge is -2.41. The summed E-state index contributed by atoms with van der Waals surface area (Å²) in [6.45, 7) is 8.97. The number of benzene rings is 1. The van der Waals surface area contributed by atoms with Gasteiger partial charge in [0.15, 0.2) is 0 Å². The number of rotatable bonds is 3. The molecule has 0 spiro atoms. The zero-order valence-corrected chi connectivity index (χ0v) is 15.6. The number of alkyl halides is 3. The lowest BCUT2D eigenvalue weighted by atomic mass is 9.61. The van der Waals surface area contributed by atoms with Gasteiger partial charge in [-0.2, -0.15) is 18.4 Å². The summed E-state index contributed by atoms with van der Waals surface area (Å²) in [6, 6.07) is 5.73. The summed E-state index contributed by atoms with van der Waals surface area (Å²) < 4.78 is 46.2. The normalized spacial score (nSPS) is 19.2. The third kappa shape index (κ3) is 2.66. The molecular weight excluding hydrogens is 369 g/mol. The molecule has 0 aliphatic carbocycles. The quantitative estimate of drug-likeness (QED) is 0.815. The van der Waals surface area contributed by atoms with E-state index in [1.165, 1.54) is 6.08 Å². The average Bonchev–Trinajstić information content (AvgIpc) is 2.99. The molecule has 2 heterocycles. The van der Waals surface area contributed by atoms with Crippen molar-refractivity contribution in [3.05, 3.63) is 64.2 Å². The van der Waals surface area contributed by atoms with E-state index in [1.54, 1.807) is 13.0 Å². The topological polar surface area (TPSA) is 87.7 Å². The van der Waals surface area contributed by atoms with Crippen LogP contribution in [0.4, 0.5) is 13.2 Å². The van der Waals surface area contributed by atoms with Gasteiger partial charge in [-0.1, -0.05) is 32.6 Å². The SMILES string of the molecule is C=Cc1cc(C(F)(F)F)cc(C2(C(C)C)C(C#N)=C(N)Oc3n[nH]c(C)c32)c1. The Labute approximate surface area is 160 Å². The number of ether oxygens (including phenoxy) is 1. The minimum Gasteiger partial charge on any atom is -0.420 e. The Bertz CT molecular complexity index is 1030. The highest BCUT2D eigenvalue weighted by atomic mass is 19.4. The van der Waals surface area contributed by atoms with E-state index in [0.717, 1.165) is 12.1 Å². The van der Waals surface area contributed by atoms with Crippen LogP contribution in [-0.4, -0.2) is 10.2 Å². The van der Waals surface area contributed by atoms with Crippen molar-refractivity contribution in [1.82, 2.24) is 10.2 Å². The minimum absolute atomic E-state index is 0.0498. The Morgan fingerprint density at radius 3 is 2.57 bits per heavy atom. The van der Waals surface area contributed by atoms with Crippen molar-refractivity contribution < 1.29 is 17.9 Å². The molecule has 1 aromatic carbocycles. The first-order valence-electron chi connectivity index (χ1n) is 8.56. The molecule has 5 nitrogen and oxygen atoms in total. The number of allylic oxidation sites excluding steroid dienone is 1. The predicted molar refractivity (Wildman–Crippen MR) is 97.9 cm³/mol. The fourth-order valence-electron chi connectivity index (χ4n) is 3.92. The number of aromatic nitrogens is 2. The predicted octanol–water partition coefficient (Wildman–Crippen LogP) is 4.41. The van der Waals surface area contributed by atoms with Gasteiger partial charge in [0.25, 0.3) is 0 Å². The first kappa shape index (κ1) is 19.5. The number of hydrogen-bond donors (Lipinski definition) is 2. The van der Waals surface area contributed by atoms with Crippen LogP contribution in [0.5, 0.6) is 5.88 Å². The molecule has 0 saturated heterocycles. The van der Waals surface area contributed by atoms with Crippen LogP contribution in [0, 0.1) is 24.2 Å². The molecule has 0 radical (unpaired) electrons. The van der Waals surface area contributed by atoms with Gasteiger partial charge in [0, 0.05) is 5.69 Å². The van der Waals surface area contributed by atoms with Crippen molar-refractivity contribution in [2.75, 3.05) is 0 Å². The number of nitrogens with one attached hydrogen (secondary N) is 1. The molecule has 0 bridgehead atoms. The van der Waals surface area contributed by atoms with E-state index in [9.17, 15) is 18.4 Å². The number of nitrogens with zero attached hydrogens (tertiary/aromatic N) is 2. The summed E-state index contributed by atoms with van der Waals surface area (Å²) in [5.41, 5.74) is 5.61. The molecule has 2 aromatic rings. The van der Waals surface area contributed by atoms with Crippen LogP contribution in [0.15, 0.2) is 36.2 Å². The Hall–Kier alpha value is -3.21. The highest BCUT2D eigenvalue weighted by molar-refractivity contribution is 5.64. The van der Waals surface area contributed by atoms with Gasteiger partial charge in [-0.15, -0.1) is 5.10 Å². The number of fused-ring (bicyclic) bond motifs is 1. The molecule has 1 aliphatic heterocycles. The Morgan fingerprint density at radius 1 is 1.36 bits per heavy atom. The van der Waals surface area contributed by atoms with Crippen LogP contribution in [0.2, 0.25) is 0 Å². The van der Waals surface area contributed by atoms with Gasteiger partial charge in [0.05, 0.1) is 16.5 Å². The van der Waals surface area contributed by atoms with Crippen molar-refractivity contribution in [3.63, 3.8) is 0 Å². The smallest absolute Gasteiger partial charge is 0.416 e. The summed E-state index contributed by atoms with van der Waals surface area (Å²) in [5, 5.41) is 16.7. The molecule has 0 fully saturated rings. The molecular formula is C20H19F3N4O. The fourth-order valence-corrected chi connectivity index (χ4v) is 3.92. The number of nitriles is 1. The molecule has 1 atom stereocenters. The summed E-state index contributed by atoms with van der Waals surface area (Å²) in [6.07, 6.45) is -3.22. The van der Waals surface area contributed by atoms with E-state index in [-0.39, 0.29) is 34.4 Å². The second kappa shape index (κ2) is 6.44. The number of hydrogen-bond acceptors (Lipinski definition) is 4. The van der Waals surface area contributed by atoms with Crippen LogP contribution in [-0.2, 0) is 11.6 Å². The van der Waals surface area contributed by atoms with E-state index in [4.69, 9.17) is 10.5 Å². The number of nitrogens with two attached hydrogens (primary N) is 1. The second-order valence-electron chi connectivity index (χ2n) is 6.99. The summed E-state index contributed by atoms with van der Waals surface area (Å²) in [7, 11) is 0. The van der Waals surface area contributed by atoms with Gasteiger partial charge >= 0.3 is 6.18 Å². The third-order valence-corrected chi connectivity index (χ3v) is 5.11. The van der Waals surface area contributed by atoms with Gasteiger partial charge in [0.2, 0.25) is 11.8 Å². The number of aromatic amines is 1. The van der Waals surface area contributed by atoms with Gasteiger partial charge in [-0.05, 0) is 36.1 Å². The van der Waals surface area contributed by atoms with Crippen LogP contribution in [0.3, 0.4) is 0 Å². The molecule has 3 rings (SSSR count). The van der Waals surface area contributed by atoms with Crippen LogP contribution in [0.1, 0.15) is 41.8 Å². The van der Waals surface area contributed by atoms with Crippen molar-refractivity contribution in [2.24, 2.45) is 11.7 Å². The van der Waals surface area contributed by atoms with Crippen molar-refractivity contribution in [2.45, 2.75) is 32.4 Å². The van der Waals surface area contributed by atoms with Crippen molar-refractivity contribution >= 4 is 6.08 Å². The van der Waals surface area contributed by atoms with Gasteiger partial charge in [-0.25, -0.2) is 0 Å². The first-order chi connectivity index (χ1) is 13.1. The van der Waals surface area contributed by atoms with Crippen LogP contribution >= 0.6 is 0 Å². The molecule has 28 heavy (non-hydrogen) atoms. The van der Waals surface area contributed by atoms with Crippen molar-refractivity contribution in [1.29, 1.82) is 5.26 Å². The van der Waals surface area contributed by atoms with E-state index in [0.29, 0.717) is 11.3 Å². The third-order valence-electron chi connectivity index (χ3n) is 5.11. The summed E-state index contributed by atoms with van der Waals surface area (Å²) in [5.74, 6) is -0.353. The summed E-state index contributed by atoms with van der Waals surface area (Å²) >= 11 is 0. The fraction of sp³-hybridized carbons (Fsp3) is 0.300. The number of halogens is 3. The average molecular weight is 388 g/mol. The Kier molecular flexibility index (Phi) is 4.50. The van der Waals surface area contributed by atoms with E-state index in [1.807, 2.05) is 13.8 Å². The molecule has 3 N–H and O–H groups in total. The Balaban J connectivity index is 2.50. The second-order valence-corrected chi connectivity index (χ2v) is 6.99. The lowest BCUT2D eigenvalue weighted by Crippen LogP contribution is -2.41. The molecule has 0 saturated carbocycles. The highest BCUT2D eigenvalue weighted by Gasteiger charge is 2.51. The van der Waals surface area contributed by atoms with E-state index >= 15 is 0 Å². The Morgan fingerprint density at radius 2 is 2.04 bits per heavy atom. The van der Waals surface area contributed by atoms with E-state index < -0.39 is 17.2 Å². The van der Waals surface area contributed by atoms with Gasteiger partial charge in [0.1, 0.15) is 11.6 Å². The molecule has 1 aromatic heterocycles. The number of H-pyrrole nitrogens is 1. The molecule has 0 amide bonds. The van der Waals surface area contributed by atoms with E-state index in [2.05, 4.69) is 22.8 Å². The molecule has 1 unspecified atom stereocenters. The highest BCUT2D eigenvalue weighted by Crippen LogP contribution is 2.53. The molecule has 8 heteroatoms. The minimum atomic E-state index is -4.56. The lowest BCUT2D eigenvalue weighted by molar-refractivity contribution is -0.137. The van der Waals surface area contributed by atoms with Gasteiger partial charge in [-0.3, -0.25) is 5.10 Å². The van der Waals surface area contributed by atoms with Gasteiger partial charge < -0.3 is 10.5 Å². The van der Waals surface area contributed by atoms with Crippen LogP contribution < -0.4 is 10.5 Å².